The van der Waals surface area contributed by atoms with Gasteiger partial charge in [-0.3, -0.25) is 4.57 Å². The molecule has 0 N–H and O–H groups in total. The van der Waals surface area contributed by atoms with Crippen molar-refractivity contribution in [1.29, 1.82) is 0 Å². The van der Waals surface area contributed by atoms with Gasteiger partial charge in [0.2, 0.25) is 0 Å². The zero-order valence-corrected chi connectivity index (χ0v) is 19.4. The molecule has 4 rings (SSSR count). The molecular formula is C23H30N4O3S. The first-order valence-electron chi connectivity index (χ1n) is 11.0. The summed E-state index contributed by atoms with van der Waals surface area (Å²) >= 11 is 0. The maximum atomic E-state index is 13.4. The van der Waals surface area contributed by atoms with Crippen LogP contribution < -0.4 is 10.6 Å². The van der Waals surface area contributed by atoms with E-state index in [1.165, 1.54) is 6.26 Å². The predicted molar refractivity (Wildman–Crippen MR) is 124 cm³/mol. The average Bonchev–Trinajstić information content (AvgIpc) is 3.00. The lowest BCUT2D eigenvalue weighted by Crippen LogP contribution is -2.42. The summed E-state index contributed by atoms with van der Waals surface area (Å²) in [7, 11) is -3.30. The Morgan fingerprint density at radius 1 is 1.06 bits per heavy atom. The second kappa shape index (κ2) is 8.15. The number of hydrogen-bond acceptors (Lipinski definition) is 5. The van der Waals surface area contributed by atoms with E-state index >= 15 is 0 Å². The number of pyridine rings is 1. The highest BCUT2D eigenvalue weighted by molar-refractivity contribution is 7.90. The van der Waals surface area contributed by atoms with E-state index in [1.54, 1.807) is 28.8 Å². The normalized spacial score (nSPS) is 14.0. The molecule has 3 heterocycles. The van der Waals surface area contributed by atoms with E-state index in [0.29, 0.717) is 23.9 Å². The van der Waals surface area contributed by atoms with Gasteiger partial charge in [-0.25, -0.2) is 22.8 Å². The Bertz CT molecular complexity index is 1270. The third kappa shape index (κ3) is 3.78. The summed E-state index contributed by atoms with van der Waals surface area (Å²) in [6.45, 7) is 7.80. The van der Waals surface area contributed by atoms with Gasteiger partial charge in [0.1, 0.15) is 5.52 Å². The summed E-state index contributed by atoms with van der Waals surface area (Å²) < 4.78 is 27.1. The van der Waals surface area contributed by atoms with Gasteiger partial charge >= 0.3 is 5.69 Å². The van der Waals surface area contributed by atoms with Gasteiger partial charge in [-0.15, -0.1) is 0 Å². The van der Waals surface area contributed by atoms with Crippen LogP contribution in [0.2, 0.25) is 0 Å². The average molecular weight is 443 g/mol. The molecule has 0 fully saturated rings. The third-order valence-corrected chi connectivity index (χ3v) is 7.20. The zero-order valence-electron chi connectivity index (χ0n) is 18.6. The molecular weight excluding hydrogens is 412 g/mol. The van der Waals surface area contributed by atoms with Crippen molar-refractivity contribution in [3.63, 3.8) is 0 Å². The molecule has 1 aliphatic rings. The molecule has 0 radical (unpaired) electrons. The van der Waals surface area contributed by atoms with Crippen LogP contribution in [-0.4, -0.2) is 41.4 Å². The fraction of sp³-hybridized carbons (Fsp3) is 0.478. The molecule has 166 valence electrons. The third-order valence-electron chi connectivity index (χ3n) is 6.07. The van der Waals surface area contributed by atoms with Gasteiger partial charge in [0, 0.05) is 31.1 Å². The SMILES string of the molecule is CCCC(CCC)N1CCn2c(=O)n(-c3ccc(S(C)(=O)=O)cc3)c3nc(C)cc1c32. The van der Waals surface area contributed by atoms with Crippen LogP contribution in [0.25, 0.3) is 16.9 Å². The van der Waals surface area contributed by atoms with Crippen molar-refractivity contribution >= 4 is 26.7 Å². The number of hydrogen-bond donors (Lipinski definition) is 0. The number of aryl methyl sites for hydroxylation is 1. The van der Waals surface area contributed by atoms with Gasteiger partial charge in [0.15, 0.2) is 15.5 Å². The highest BCUT2D eigenvalue weighted by Gasteiger charge is 2.29. The molecule has 1 aromatic carbocycles. The highest BCUT2D eigenvalue weighted by atomic mass is 32.2. The minimum absolute atomic E-state index is 0.136. The van der Waals surface area contributed by atoms with Gasteiger partial charge in [0.05, 0.1) is 16.3 Å². The van der Waals surface area contributed by atoms with E-state index in [4.69, 9.17) is 4.98 Å². The number of anilines is 1. The standard InChI is InChI=1S/C23H30N4O3S/c1-5-7-17(8-6-2)25-13-14-26-21-20(25)15-16(3)24-22(21)27(23(26)28)18-9-11-19(12-10-18)31(4,29)30/h9-12,15,17H,5-8,13-14H2,1-4H3. The molecule has 1 aliphatic heterocycles. The fourth-order valence-electron chi connectivity index (χ4n) is 4.69. The maximum absolute atomic E-state index is 13.4. The van der Waals surface area contributed by atoms with E-state index in [0.717, 1.165) is 49.1 Å². The van der Waals surface area contributed by atoms with Gasteiger partial charge in [0.25, 0.3) is 0 Å². The Morgan fingerprint density at radius 3 is 2.29 bits per heavy atom. The molecule has 0 saturated heterocycles. The zero-order chi connectivity index (χ0) is 22.3. The van der Waals surface area contributed by atoms with E-state index in [9.17, 15) is 13.2 Å². The van der Waals surface area contributed by atoms with E-state index in [1.807, 2.05) is 11.5 Å². The Balaban J connectivity index is 1.91. The van der Waals surface area contributed by atoms with Crippen LogP contribution in [0.4, 0.5) is 5.69 Å². The maximum Gasteiger partial charge on any atom is 0.335 e. The van der Waals surface area contributed by atoms with Crippen molar-refractivity contribution in [1.82, 2.24) is 14.1 Å². The van der Waals surface area contributed by atoms with Crippen LogP contribution in [0.3, 0.4) is 0 Å². The van der Waals surface area contributed by atoms with Gasteiger partial charge in [-0.2, -0.15) is 0 Å². The summed E-state index contributed by atoms with van der Waals surface area (Å²) in [4.78, 5) is 20.8. The molecule has 8 heteroatoms. The molecule has 0 spiro atoms. The van der Waals surface area contributed by atoms with Gasteiger partial charge in [-0.05, 0) is 50.1 Å². The molecule has 3 aromatic rings. The predicted octanol–water partition coefficient (Wildman–Crippen LogP) is 3.69. The van der Waals surface area contributed by atoms with Crippen LogP contribution in [0.15, 0.2) is 40.0 Å². The highest BCUT2D eigenvalue weighted by Crippen LogP contribution is 2.34. The monoisotopic (exact) mass is 442 g/mol. The van der Waals surface area contributed by atoms with Gasteiger partial charge in [-0.1, -0.05) is 26.7 Å². The Kier molecular flexibility index (Phi) is 5.68. The first-order valence-corrected chi connectivity index (χ1v) is 12.9. The number of rotatable bonds is 7. The van der Waals surface area contributed by atoms with Crippen molar-refractivity contribution in [2.24, 2.45) is 0 Å². The molecule has 2 aromatic heterocycles. The summed E-state index contributed by atoms with van der Waals surface area (Å²) in [5.74, 6) is 0. The lowest BCUT2D eigenvalue weighted by atomic mass is 10.0. The summed E-state index contributed by atoms with van der Waals surface area (Å²) in [5, 5.41) is 0. The van der Waals surface area contributed by atoms with Crippen molar-refractivity contribution < 1.29 is 8.42 Å². The van der Waals surface area contributed by atoms with Gasteiger partial charge < -0.3 is 4.90 Å². The lowest BCUT2D eigenvalue weighted by molar-refractivity contribution is 0.480. The number of aromatic nitrogens is 3. The quantitative estimate of drug-likeness (QED) is 0.558. The second-order valence-electron chi connectivity index (χ2n) is 8.42. The number of sulfone groups is 1. The number of nitrogens with zero attached hydrogens (tertiary/aromatic N) is 4. The van der Waals surface area contributed by atoms with Crippen LogP contribution in [0, 0.1) is 6.92 Å². The number of imidazole rings is 1. The Labute approximate surface area is 183 Å². The lowest BCUT2D eigenvalue weighted by Gasteiger charge is -2.37. The van der Waals surface area contributed by atoms with Crippen LogP contribution in [0.1, 0.15) is 45.2 Å². The summed E-state index contributed by atoms with van der Waals surface area (Å²) in [6.07, 6.45) is 5.66. The molecule has 0 saturated carbocycles. The molecule has 0 aliphatic carbocycles. The van der Waals surface area contributed by atoms with Crippen molar-refractivity contribution in [2.45, 2.75) is 63.9 Å². The molecule has 7 nitrogen and oxygen atoms in total. The van der Waals surface area contributed by atoms with E-state index in [-0.39, 0.29) is 10.6 Å². The van der Waals surface area contributed by atoms with Crippen LogP contribution in [-0.2, 0) is 16.4 Å². The topological polar surface area (TPSA) is 77.2 Å². The van der Waals surface area contributed by atoms with Crippen molar-refractivity contribution in [2.75, 3.05) is 17.7 Å². The Morgan fingerprint density at radius 2 is 1.71 bits per heavy atom. The van der Waals surface area contributed by atoms with E-state index < -0.39 is 9.84 Å². The summed E-state index contributed by atoms with van der Waals surface area (Å²) in [6, 6.07) is 8.98. The smallest absolute Gasteiger partial charge is 0.335 e. The first-order chi connectivity index (χ1) is 14.8. The first kappa shape index (κ1) is 21.6. The fourth-order valence-corrected chi connectivity index (χ4v) is 5.32. The van der Waals surface area contributed by atoms with Crippen molar-refractivity contribution in [3.8, 4) is 5.69 Å². The molecule has 0 atom stereocenters. The van der Waals surface area contributed by atoms with Crippen molar-refractivity contribution in [3.05, 3.63) is 46.5 Å². The molecule has 31 heavy (non-hydrogen) atoms. The summed E-state index contributed by atoms with van der Waals surface area (Å²) in [5.41, 5.74) is 3.92. The van der Waals surface area contributed by atoms with Crippen LogP contribution in [0.5, 0.6) is 0 Å². The molecule has 0 unspecified atom stereocenters. The van der Waals surface area contributed by atoms with Crippen LogP contribution >= 0.6 is 0 Å². The second-order valence-corrected chi connectivity index (χ2v) is 10.4. The van der Waals surface area contributed by atoms with E-state index in [2.05, 4.69) is 24.8 Å². The minimum atomic E-state index is -3.30. The largest absolute Gasteiger partial charge is 0.365 e. The minimum Gasteiger partial charge on any atom is -0.365 e. The molecule has 0 bridgehead atoms. The number of benzene rings is 1. The molecule has 0 amide bonds. The Hall–Kier alpha value is -2.61.